The van der Waals surface area contributed by atoms with Crippen LogP contribution in [0.3, 0.4) is 0 Å². The van der Waals surface area contributed by atoms with Crippen molar-refractivity contribution in [3.63, 3.8) is 0 Å². The molecule has 2 nitrogen and oxygen atoms in total. The number of nitrogens with one attached hydrogen (secondary N) is 1. The monoisotopic (exact) mass is 540 g/mol. The number of rotatable bonds is 7. The van der Waals surface area contributed by atoms with Gasteiger partial charge in [0.25, 0.3) is 0 Å². The number of hydrogen-bond acceptors (Lipinski definition) is 1. The quantitative estimate of drug-likeness (QED) is 0.299. The molecular weight excluding hydrogens is 513 g/mol. The van der Waals surface area contributed by atoms with Gasteiger partial charge in [0.15, 0.2) is 0 Å². The fourth-order valence-corrected chi connectivity index (χ4v) is 3.52. The van der Waals surface area contributed by atoms with E-state index in [1.807, 2.05) is 6.92 Å². The summed E-state index contributed by atoms with van der Waals surface area (Å²) in [7, 11) is 0. The Hall–Kier alpha value is -0.914. The average molecular weight is 541 g/mol. The van der Waals surface area contributed by atoms with E-state index in [1.54, 1.807) is 58.0 Å². The Bertz CT molecular complexity index is 1040. The summed E-state index contributed by atoms with van der Waals surface area (Å²) in [5.41, 5.74) is 4.47. The zero-order valence-corrected chi connectivity index (χ0v) is 24.5. The molecule has 0 aliphatic rings. The van der Waals surface area contributed by atoms with Crippen LogP contribution < -0.4 is 56.7 Å². The van der Waals surface area contributed by atoms with Gasteiger partial charge in [-0.2, -0.15) is 26.3 Å². The molecule has 2 aromatic carbocycles. The van der Waals surface area contributed by atoms with Crippen molar-refractivity contribution in [1.29, 1.82) is 0 Å². The van der Waals surface area contributed by atoms with Crippen LogP contribution in [0.15, 0.2) is 36.4 Å². The minimum atomic E-state index is -4.45. The molecule has 0 spiro atoms. The van der Waals surface area contributed by atoms with Gasteiger partial charge in [-0.05, 0) is 55.5 Å². The van der Waals surface area contributed by atoms with Crippen LogP contribution in [-0.4, -0.2) is 29.9 Å². The minimum Gasteiger partial charge on any atom is -0.676 e. The molecule has 0 radical (unpaired) electrons. The third kappa shape index (κ3) is 9.81. The predicted octanol–water partition coefficient (Wildman–Crippen LogP) is 5.16. The average Bonchev–Trinajstić information content (AvgIpc) is 2.70. The van der Waals surface area contributed by atoms with Crippen molar-refractivity contribution in [1.82, 2.24) is 5.32 Å². The molecule has 0 aliphatic carbocycles. The van der Waals surface area contributed by atoms with Gasteiger partial charge in [-0.25, -0.2) is 0 Å². The molecule has 0 bridgehead atoms. The molecule has 1 N–H and O–H groups in total. The molecule has 2 unspecified atom stereocenters. The van der Waals surface area contributed by atoms with E-state index in [1.165, 1.54) is 6.08 Å². The topological polar surface area (TPSA) is 26.1 Å². The molecule has 35 heavy (non-hydrogen) atoms. The van der Waals surface area contributed by atoms with Crippen LogP contribution in [0.4, 0.5) is 32.0 Å². The largest absolute Gasteiger partial charge is 1.00 e. The normalized spacial score (nSPS) is 13.8. The Labute approximate surface area is 250 Å². The summed E-state index contributed by atoms with van der Waals surface area (Å²) in [6.07, 6.45) is -6.30. The van der Waals surface area contributed by atoms with E-state index in [4.69, 9.17) is 12.2 Å². The van der Waals surface area contributed by atoms with Crippen LogP contribution in [0, 0.1) is 27.7 Å². The first-order valence-corrected chi connectivity index (χ1v) is 11.0. The molecule has 0 saturated heterocycles. The summed E-state index contributed by atoms with van der Waals surface area (Å²) in [5.74, 6) is -1.76. The molecule has 0 aliphatic heterocycles. The number of nitrogens with zero attached hydrogens (tertiary/aromatic N) is 1. The van der Waals surface area contributed by atoms with Crippen molar-refractivity contribution >= 4 is 29.0 Å². The van der Waals surface area contributed by atoms with Gasteiger partial charge in [-0.3, -0.25) is 0 Å². The molecule has 186 valence electrons. The molecule has 0 amide bonds. The van der Waals surface area contributed by atoms with Crippen molar-refractivity contribution in [3.8, 4) is 0 Å². The van der Waals surface area contributed by atoms with Crippen molar-refractivity contribution in [3.05, 3.63) is 75.1 Å². The van der Waals surface area contributed by atoms with Crippen LogP contribution in [0.2, 0.25) is 0 Å². The first-order chi connectivity index (χ1) is 15.6. The predicted molar refractivity (Wildman–Crippen MR) is 129 cm³/mol. The van der Waals surface area contributed by atoms with Crippen LogP contribution in [0.1, 0.15) is 46.2 Å². The van der Waals surface area contributed by atoms with Crippen LogP contribution in [-0.2, 0) is 0 Å². The summed E-state index contributed by atoms with van der Waals surface area (Å²) in [6.45, 7) is 7.51. The molecule has 0 aromatic heterocycles. The molecule has 10 heteroatoms. The third-order valence-corrected chi connectivity index (χ3v) is 6.02. The second-order valence-electron chi connectivity index (χ2n) is 8.34. The van der Waals surface area contributed by atoms with Gasteiger partial charge in [-0.15, -0.1) is 5.69 Å². The number of allylic oxidation sites excluding steroid dienone is 1. The molecule has 2 aromatic rings. The van der Waals surface area contributed by atoms with E-state index in [0.29, 0.717) is 16.8 Å². The summed E-state index contributed by atoms with van der Waals surface area (Å²) in [5, 5.41) is 6.48. The smallest absolute Gasteiger partial charge is 0.676 e. The van der Waals surface area contributed by atoms with Gasteiger partial charge >= 0.3 is 63.7 Å². The van der Waals surface area contributed by atoms with Crippen molar-refractivity contribution in [2.45, 2.75) is 58.9 Å². The van der Waals surface area contributed by atoms with E-state index in [9.17, 15) is 26.3 Å². The maximum Gasteiger partial charge on any atom is 1.00 e. The molecule has 2 rings (SSSR count). The van der Waals surface area contributed by atoms with Gasteiger partial charge in [-0.1, -0.05) is 73.2 Å². The van der Waals surface area contributed by atoms with Gasteiger partial charge in [0.05, 0.1) is 10.9 Å². The van der Waals surface area contributed by atoms with Gasteiger partial charge < -0.3 is 10.6 Å². The standard InChI is InChI=1S/C25H27F6N2S.K/c1-14-11-20(12-15(2)17(14)4)21(25(29,30)31)8-6-19-7-9-22(16(3)10-19)33-18(5)23(34)32-13-24(26,27)28;/h6-12,18,21H,13H2,1-5H3,(H,32,34);/q-1;+1/b8-6+;. The third-order valence-electron chi connectivity index (χ3n) is 5.54. The zero-order valence-electron chi connectivity index (χ0n) is 20.5. The van der Waals surface area contributed by atoms with E-state index < -0.39 is 30.9 Å². The maximum absolute atomic E-state index is 13.8. The summed E-state index contributed by atoms with van der Waals surface area (Å²) >= 11 is 4.97. The van der Waals surface area contributed by atoms with E-state index in [0.717, 1.165) is 22.8 Å². The molecule has 0 saturated carbocycles. The second kappa shape index (κ2) is 13.1. The summed E-state index contributed by atoms with van der Waals surface area (Å²) in [4.78, 5) is -0.0441. The van der Waals surface area contributed by atoms with Crippen molar-refractivity contribution < 1.29 is 77.7 Å². The Morgan fingerprint density at radius 2 is 1.54 bits per heavy atom. The summed E-state index contributed by atoms with van der Waals surface area (Å²) in [6, 6.07) is 7.33. The second-order valence-corrected chi connectivity index (χ2v) is 8.78. The SMILES string of the molecule is Cc1cc(/C=C/C(c2cc(C)c(C)c(C)c2)C(F)(F)F)ccc1[N-]C(C)C(=S)NCC(F)(F)F.[K+]. The zero-order chi connectivity index (χ0) is 25.8. The number of alkyl halides is 6. The Balaban J connectivity index is 0.00000612. The van der Waals surface area contributed by atoms with E-state index in [-0.39, 0.29) is 61.9 Å². The minimum absolute atomic E-state index is 0. The van der Waals surface area contributed by atoms with Crippen molar-refractivity contribution in [2.75, 3.05) is 6.54 Å². The number of thiocarbonyl (C=S) groups is 1. The Morgan fingerprint density at radius 3 is 2.03 bits per heavy atom. The van der Waals surface area contributed by atoms with Crippen LogP contribution in [0.5, 0.6) is 0 Å². The number of aryl methyl sites for hydroxylation is 3. The van der Waals surface area contributed by atoms with Crippen molar-refractivity contribution in [2.24, 2.45) is 0 Å². The Kier molecular flexibility index (Phi) is 12.0. The fraction of sp³-hybridized carbons (Fsp3) is 0.400. The van der Waals surface area contributed by atoms with Crippen LogP contribution in [0.25, 0.3) is 11.4 Å². The molecular formula is C25H27F6KN2S. The van der Waals surface area contributed by atoms with Crippen LogP contribution >= 0.6 is 12.2 Å². The fourth-order valence-electron chi connectivity index (χ4n) is 3.39. The van der Waals surface area contributed by atoms with Gasteiger partial charge in [0, 0.05) is 0 Å². The summed E-state index contributed by atoms with van der Waals surface area (Å²) < 4.78 is 78.5. The number of benzene rings is 2. The Morgan fingerprint density at radius 1 is 0.971 bits per heavy atom. The van der Waals surface area contributed by atoms with E-state index >= 15 is 0 Å². The maximum atomic E-state index is 13.8. The van der Waals surface area contributed by atoms with Gasteiger partial charge in [0.1, 0.15) is 6.54 Å². The molecule has 0 fully saturated rings. The number of hydrogen-bond donors (Lipinski definition) is 1. The molecule has 2 atom stereocenters. The first kappa shape index (κ1) is 32.1. The van der Waals surface area contributed by atoms with E-state index in [2.05, 4.69) is 10.6 Å². The van der Waals surface area contributed by atoms with Gasteiger partial charge in [0.2, 0.25) is 0 Å². The molecule has 0 heterocycles. The number of halogens is 6. The first-order valence-electron chi connectivity index (χ1n) is 10.6.